The largest absolute Gasteiger partial charge is 0.507 e. The maximum atomic E-state index is 9.73. The lowest BCUT2D eigenvalue weighted by atomic mass is 9.89. The van der Waals surface area contributed by atoms with Crippen molar-refractivity contribution in [3.63, 3.8) is 0 Å². The number of aromatic hydroxyl groups is 1. The zero-order valence-electron chi connectivity index (χ0n) is 12.6. The van der Waals surface area contributed by atoms with Crippen LogP contribution in [-0.4, -0.2) is 36.2 Å². The van der Waals surface area contributed by atoms with Gasteiger partial charge in [0, 0.05) is 32.2 Å². The van der Waals surface area contributed by atoms with E-state index in [0.717, 1.165) is 36.6 Å². The van der Waals surface area contributed by atoms with Gasteiger partial charge in [-0.15, -0.1) is 24.8 Å². The van der Waals surface area contributed by atoms with Crippen molar-refractivity contribution in [2.24, 2.45) is 5.92 Å². The first-order valence-electron chi connectivity index (χ1n) is 7.69. The van der Waals surface area contributed by atoms with Crippen LogP contribution in [0.5, 0.6) is 5.75 Å². The van der Waals surface area contributed by atoms with E-state index in [2.05, 4.69) is 38.3 Å². The fourth-order valence-corrected chi connectivity index (χ4v) is 4.12. The highest BCUT2D eigenvalue weighted by molar-refractivity contribution is 9.10. The molecule has 1 aromatic carbocycles. The van der Waals surface area contributed by atoms with Crippen molar-refractivity contribution in [1.29, 1.82) is 0 Å². The molecule has 0 radical (unpaired) electrons. The van der Waals surface area contributed by atoms with Crippen LogP contribution in [0.15, 0.2) is 22.7 Å². The van der Waals surface area contributed by atoms with Crippen LogP contribution in [0, 0.1) is 5.92 Å². The van der Waals surface area contributed by atoms with Crippen molar-refractivity contribution in [1.82, 2.24) is 10.2 Å². The van der Waals surface area contributed by atoms with Crippen LogP contribution in [-0.2, 0) is 0 Å². The van der Waals surface area contributed by atoms with Gasteiger partial charge in [0.25, 0.3) is 0 Å². The van der Waals surface area contributed by atoms with E-state index < -0.39 is 0 Å². The van der Waals surface area contributed by atoms with E-state index in [1.807, 2.05) is 6.07 Å². The molecular weight excluding hydrogens is 387 g/mol. The maximum absolute atomic E-state index is 9.73. The van der Waals surface area contributed by atoms with Gasteiger partial charge in [-0.1, -0.05) is 18.9 Å². The van der Waals surface area contributed by atoms with E-state index in [4.69, 9.17) is 0 Å². The average Bonchev–Trinajstić information content (AvgIpc) is 2.98. The van der Waals surface area contributed by atoms with Crippen LogP contribution in [0.1, 0.15) is 37.3 Å². The van der Waals surface area contributed by atoms with Crippen molar-refractivity contribution < 1.29 is 5.11 Å². The number of phenols is 1. The monoisotopic (exact) mass is 410 g/mol. The molecule has 2 fully saturated rings. The Morgan fingerprint density at radius 2 is 1.77 bits per heavy atom. The summed E-state index contributed by atoms with van der Waals surface area (Å²) in [6.07, 6.45) is 5.42. The first-order chi connectivity index (χ1) is 9.75. The van der Waals surface area contributed by atoms with Gasteiger partial charge in [-0.2, -0.15) is 0 Å². The highest BCUT2D eigenvalue weighted by atomic mass is 79.9. The fraction of sp³-hybridized carbons (Fsp3) is 0.625. The first kappa shape index (κ1) is 20.0. The fourth-order valence-electron chi connectivity index (χ4n) is 3.72. The van der Waals surface area contributed by atoms with Gasteiger partial charge in [0.05, 0.1) is 4.47 Å². The second kappa shape index (κ2) is 9.33. The molecule has 0 unspecified atom stereocenters. The van der Waals surface area contributed by atoms with Crippen LogP contribution in [0.2, 0.25) is 0 Å². The molecule has 0 amide bonds. The van der Waals surface area contributed by atoms with E-state index in [0.29, 0.717) is 11.8 Å². The van der Waals surface area contributed by atoms with E-state index in [9.17, 15) is 5.11 Å². The van der Waals surface area contributed by atoms with Gasteiger partial charge in [-0.05, 0) is 52.4 Å². The Bertz CT molecular complexity index is 463. The Morgan fingerprint density at radius 1 is 1.14 bits per heavy atom. The van der Waals surface area contributed by atoms with Crippen molar-refractivity contribution in [2.45, 2.75) is 31.7 Å². The number of hydrogen-bond acceptors (Lipinski definition) is 3. The molecule has 1 atom stereocenters. The summed E-state index contributed by atoms with van der Waals surface area (Å²) in [6, 6.07) is 6.55. The summed E-state index contributed by atoms with van der Waals surface area (Å²) >= 11 is 3.47. The minimum Gasteiger partial charge on any atom is -0.507 e. The Kier molecular flexibility index (Phi) is 8.50. The molecule has 3 rings (SSSR count). The minimum absolute atomic E-state index is 0. The quantitative estimate of drug-likeness (QED) is 0.784. The number of hydrogen-bond donors (Lipinski definition) is 2. The molecule has 1 aliphatic heterocycles. The number of halogens is 3. The molecule has 3 nitrogen and oxygen atoms in total. The van der Waals surface area contributed by atoms with Crippen molar-refractivity contribution >= 4 is 40.7 Å². The van der Waals surface area contributed by atoms with Crippen LogP contribution in [0.3, 0.4) is 0 Å². The van der Waals surface area contributed by atoms with Gasteiger partial charge >= 0.3 is 0 Å². The molecule has 22 heavy (non-hydrogen) atoms. The molecule has 1 heterocycles. The highest BCUT2D eigenvalue weighted by Gasteiger charge is 2.32. The maximum Gasteiger partial charge on any atom is 0.129 e. The third-order valence-electron chi connectivity index (χ3n) is 4.70. The summed E-state index contributed by atoms with van der Waals surface area (Å²) in [4.78, 5) is 2.63. The van der Waals surface area contributed by atoms with Crippen LogP contribution >= 0.6 is 40.7 Å². The summed E-state index contributed by atoms with van der Waals surface area (Å²) in [5.41, 5.74) is 1.35. The molecule has 1 saturated carbocycles. The number of benzene rings is 1. The number of rotatable bonds is 3. The Labute approximate surface area is 153 Å². The normalized spacial score (nSPS) is 21.0. The second-order valence-electron chi connectivity index (χ2n) is 5.99. The first-order valence-corrected chi connectivity index (χ1v) is 8.48. The third kappa shape index (κ3) is 4.51. The van der Waals surface area contributed by atoms with Crippen LogP contribution in [0.25, 0.3) is 0 Å². The molecule has 126 valence electrons. The number of nitrogens with one attached hydrogen (secondary N) is 1. The molecule has 1 aliphatic carbocycles. The molecule has 1 saturated heterocycles. The Morgan fingerprint density at radius 3 is 2.36 bits per heavy atom. The molecule has 2 aliphatic rings. The van der Waals surface area contributed by atoms with Gasteiger partial charge in [-0.3, -0.25) is 4.90 Å². The Balaban J connectivity index is 0.00000121. The zero-order chi connectivity index (χ0) is 13.9. The van der Waals surface area contributed by atoms with Gasteiger partial charge in [0.15, 0.2) is 0 Å². The summed E-state index contributed by atoms with van der Waals surface area (Å²) < 4.78 is 0.813. The van der Waals surface area contributed by atoms with Crippen LogP contribution in [0.4, 0.5) is 0 Å². The van der Waals surface area contributed by atoms with Gasteiger partial charge in [0.1, 0.15) is 5.75 Å². The lowest BCUT2D eigenvalue weighted by Gasteiger charge is -2.38. The van der Waals surface area contributed by atoms with Gasteiger partial charge in [-0.25, -0.2) is 0 Å². The zero-order valence-corrected chi connectivity index (χ0v) is 15.9. The molecule has 0 bridgehead atoms. The molecule has 0 spiro atoms. The summed E-state index contributed by atoms with van der Waals surface area (Å²) in [5.74, 6) is 1.10. The summed E-state index contributed by atoms with van der Waals surface area (Å²) in [5, 5.41) is 13.2. The van der Waals surface area contributed by atoms with E-state index in [1.165, 1.54) is 31.2 Å². The lowest BCUT2D eigenvalue weighted by molar-refractivity contribution is 0.125. The molecular formula is C16H25BrCl2N2O. The molecule has 1 aromatic rings. The summed E-state index contributed by atoms with van der Waals surface area (Å²) in [7, 11) is 0. The number of nitrogens with zero attached hydrogens (tertiary/aromatic N) is 1. The Hall–Kier alpha value is -0.000000000000000111. The van der Waals surface area contributed by atoms with E-state index in [-0.39, 0.29) is 24.8 Å². The SMILES string of the molecule is Cl.Cl.Oc1ccc([C@H](C2CCCC2)N2CCNCC2)cc1Br. The number of piperazine rings is 1. The average molecular weight is 412 g/mol. The predicted octanol–water partition coefficient (Wildman–Crippen LogP) is 4.13. The third-order valence-corrected chi connectivity index (χ3v) is 5.34. The topological polar surface area (TPSA) is 35.5 Å². The molecule has 6 heteroatoms. The van der Waals surface area contributed by atoms with Crippen molar-refractivity contribution in [3.8, 4) is 5.75 Å². The lowest BCUT2D eigenvalue weighted by Crippen LogP contribution is -2.46. The highest BCUT2D eigenvalue weighted by Crippen LogP contribution is 2.41. The van der Waals surface area contributed by atoms with Gasteiger partial charge < -0.3 is 10.4 Å². The van der Waals surface area contributed by atoms with E-state index >= 15 is 0 Å². The summed E-state index contributed by atoms with van der Waals surface area (Å²) in [6.45, 7) is 4.42. The minimum atomic E-state index is 0. The predicted molar refractivity (Wildman–Crippen MR) is 99.4 cm³/mol. The van der Waals surface area contributed by atoms with Crippen LogP contribution < -0.4 is 5.32 Å². The van der Waals surface area contributed by atoms with Crippen molar-refractivity contribution in [3.05, 3.63) is 28.2 Å². The smallest absolute Gasteiger partial charge is 0.129 e. The van der Waals surface area contributed by atoms with E-state index in [1.54, 1.807) is 0 Å². The molecule has 2 N–H and O–H groups in total. The second-order valence-corrected chi connectivity index (χ2v) is 6.84. The van der Waals surface area contributed by atoms with Gasteiger partial charge in [0.2, 0.25) is 0 Å². The standard InChI is InChI=1S/C16H23BrN2O.2ClH/c17-14-11-13(5-6-15(14)20)16(12-3-1-2-4-12)19-9-7-18-8-10-19;;/h5-6,11-12,16,18,20H,1-4,7-10H2;2*1H/t16-;;/m0../s1. The molecule has 0 aromatic heterocycles. The van der Waals surface area contributed by atoms with Crippen molar-refractivity contribution in [2.75, 3.05) is 26.2 Å². The number of phenolic OH excluding ortho intramolecular Hbond substituents is 1.